The Kier molecular flexibility index (Phi) is 5.59. The maximum atomic E-state index is 12.1. The summed E-state index contributed by atoms with van der Waals surface area (Å²) in [6.07, 6.45) is 1.27. The van der Waals surface area contributed by atoms with Crippen LogP contribution >= 0.6 is 11.8 Å². The van der Waals surface area contributed by atoms with Crippen LogP contribution in [0.1, 0.15) is 11.1 Å². The van der Waals surface area contributed by atoms with E-state index >= 15 is 0 Å². The molecule has 0 amide bonds. The number of fused-ring (bicyclic) bond motifs is 1. The monoisotopic (exact) mass is 398 g/mol. The Morgan fingerprint density at radius 3 is 2.50 bits per heavy atom. The van der Waals surface area contributed by atoms with Crippen molar-refractivity contribution in [2.45, 2.75) is 5.75 Å². The molecular weight excluding hydrogens is 380 g/mol. The zero-order valence-electron chi connectivity index (χ0n) is 15.3. The minimum absolute atomic E-state index is 0.164. The van der Waals surface area contributed by atoms with Crippen LogP contribution in [0.25, 0.3) is 11.0 Å². The molecule has 0 aliphatic heterocycles. The van der Waals surface area contributed by atoms with Crippen LogP contribution in [0.15, 0.2) is 57.5 Å². The van der Waals surface area contributed by atoms with Crippen LogP contribution < -0.4 is 11.4 Å². The van der Waals surface area contributed by atoms with Crippen LogP contribution in [-0.2, 0) is 19.8 Å². The first-order valence-corrected chi connectivity index (χ1v) is 9.24. The molecule has 0 spiro atoms. The number of benzene rings is 2. The van der Waals surface area contributed by atoms with Gasteiger partial charge in [-0.3, -0.25) is 19.2 Å². The van der Waals surface area contributed by atoms with E-state index in [2.05, 4.69) is 10.2 Å². The number of nitro groups is 1. The maximum absolute atomic E-state index is 12.1. The molecule has 1 heterocycles. The Balaban J connectivity index is 1.86. The number of nitrogens with zero attached hydrogens (tertiary/aromatic N) is 5. The van der Waals surface area contributed by atoms with E-state index in [1.54, 1.807) is 20.2 Å². The van der Waals surface area contributed by atoms with Crippen molar-refractivity contribution in [3.63, 3.8) is 0 Å². The van der Waals surface area contributed by atoms with Crippen molar-refractivity contribution in [3.8, 4) is 0 Å². The van der Waals surface area contributed by atoms with Gasteiger partial charge in [0.2, 0.25) is 0 Å². The van der Waals surface area contributed by atoms with Gasteiger partial charge in [-0.05, 0) is 11.6 Å². The van der Waals surface area contributed by atoms with E-state index < -0.39 is 4.92 Å². The average molecular weight is 398 g/mol. The lowest BCUT2D eigenvalue weighted by Crippen LogP contribution is -2.19. The van der Waals surface area contributed by atoms with E-state index in [1.807, 2.05) is 30.3 Å². The molecule has 9 nitrogen and oxygen atoms in total. The standard InChI is InChI=1S/C18H18N6O3S/c1-22-15-8-13(14(24(26)27)9-16(15)23(2)18(22)25)10-20-21-17(19)28-11-12-6-4-3-5-7-12/h3-10H,11H2,1-2H3,(H2,19,21). The molecule has 2 N–H and O–H groups in total. The van der Waals surface area contributed by atoms with Crippen molar-refractivity contribution < 1.29 is 4.92 Å². The Bertz CT molecular complexity index is 1150. The predicted octanol–water partition coefficient (Wildman–Crippen LogP) is 2.37. The van der Waals surface area contributed by atoms with E-state index in [1.165, 1.54) is 33.2 Å². The zero-order chi connectivity index (χ0) is 20.3. The fraction of sp³-hybridized carbons (Fsp3) is 0.167. The number of rotatable bonds is 5. The number of hydrogen-bond donors (Lipinski definition) is 1. The summed E-state index contributed by atoms with van der Waals surface area (Å²) >= 11 is 1.32. The molecule has 10 heteroatoms. The van der Waals surface area contributed by atoms with Gasteiger partial charge in [0.25, 0.3) is 5.69 Å². The minimum atomic E-state index is -0.518. The second kappa shape index (κ2) is 8.09. The van der Waals surface area contributed by atoms with Gasteiger partial charge in [-0.2, -0.15) is 5.10 Å². The van der Waals surface area contributed by atoms with Gasteiger partial charge in [-0.25, -0.2) is 4.79 Å². The molecule has 144 valence electrons. The molecule has 0 saturated carbocycles. The number of hydrogen-bond acceptors (Lipinski definition) is 6. The molecule has 0 aliphatic carbocycles. The highest BCUT2D eigenvalue weighted by Gasteiger charge is 2.18. The van der Waals surface area contributed by atoms with Crippen molar-refractivity contribution in [1.29, 1.82) is 0 Å². The number of nitrogens with two attached hydrogens (primary N) is 1. The first kappa shape index (κ1) is 19.4. The van der Waals surface area contributed by atoms with Gasteiger partial charge in [-0.15, -0.1) is 5.10 Å². The number of imidazole rings is 1. The fourth-order valence-electron chi connectivity index (χ4n) is 2.72. The highest BCUT2D eigenvalue weighted by Crippen LogP contribution is 2.24. The molecule has 0 unspecified atom stereocenters. The van der Waals surface area contributed by atoms with Gasteiger partial charge in [0, 0.05) is 25.9 Å². The minimum Gasteiger partial charge on any atom is -0.377 e. The lowest BCUT2D eigenvalue weighted by molar-refractivity contribution is -0.384. The highest BCUT2D eigenvalue weighted by atomic mass is 32.2. The second-order valence-corrected chi connectivity index (χ2v) is 7.01. The number of nitro benzene ring substituents is 1. The molecule has 0 radical (unpaired) electrons. The van der Waals surface area contributed by atoms with Crippen molar-refractivity contribution in [3.05, 3.63) is 74.2 Å². The maximum Gasteiger partial charge on any atom is 0.328 e. The summed E-state index contributed by atoms with van der Waals surface area (Å²) < 4.78 is 2.78. The zero-order valence-corrected chi connectivity index (χ0v) is 16.1. The third-order valence-electron chi connectivity index (χ3n) is 4.20. The summed E-state index contributed by atoms with van der Waals surface area (Å²) in [6.45, 7) is 0. The van der Waals surface area contributed by atoms with Crippen molar-refractivity contribution in [2.24, 2.45) is 30.0 Å². The molecule has 0 atom stereocenters. The van der Waals surface area contributed by atoms with Gasteiger partial charge in [-0.1, -0.05) is 42.1 Å². The van der Waals surface area contributed by atoms with E-state index in [0.29, 0.717) is 16.8 Å². The van der Waals surface area contributed by atoms with E-state index in [-0.39, 0.29) is 22.1 Å². The normalized spacial score (nSPS) is 12.1. The molecule has 2 aromatic carbocycles. The second-order valence-electron chi connectivity index (χ2n) is 6.01. The Morgan fingerprint density at radius 1 is 1.21 bits per heavy atom. The first-order valence-electron chi connectivity index (χ1n) is 8.25. The molecule has 28 heavy (non-hydrogen) atoms. The predicted molar refractivity (Wildman–Crippen MR) is 112 cm³/mol. The van der Waals surface area contributed by atoms with Crippen LogP contribution in [-0.4, -0.2) is 25.4 Å². The molecule has 1 aromatic heterocycles. The topological polar surface area (TPSA) is 121 Å². The quantitative estimate of drug-likeness (QED) is 0.306. The van der Waals surface area contributed by atoms with Gasteiger partial charge in [0.05, 0.1) is 27.7 Å². The third kappa shape index (κ3) is 3.96. The number of amidine groups is 1. The van der Waals surface area contributed by atoms with Crippen LogP contribution in [0, 0.1) is 10.1 Å². The van der Waals surface area contributed by atoms with Crippen LogP contribution in [0.2, 0.25) is 0 Å². The van der Waals surface area contributed by atoms with E-state index in [0.717, 1.165) is 5.56 Å². The molecular formula is C18H18N6O3S. The van der Waals surface area contributed by atoms with Crippen LogP contribution in [0.4, 0.5) is 5.69 Å². The van der Waals surface area contributed by atoms with Crippen molar-refractivity contribution in [1.82, 2.24) is 9.13 Å². The van der Waals surface area contributed by atoms with Crippen LogP contribution in [0.3, 0.4) is 0 Å². The van der Waals surface area contributed by atoms with Gasteiger partial charge in [0.15, 0.2) is 5.17 Å². The first-order chi connectivity index (χ1) is 13.4. The summed E-state index contributed by atoms with van der Waals surface area (Å²) in [4.78, 5) is 22.9. The summed E-state index contributed by atoms with van der Waals surface area (Å²) in [5.41, 5.74) is 7.78. The lowest BCUT2D eigenvalue weighted by atomic mass is 10.1. The molecule has 3 rings (SSSR count). The van der Waals surface area contributed by atoms with Gasteiger partial charge >= 0.3 is 5.69 Å². The van der Waals surface area contributed by atoms with Crippen molar-refractivity contribution >= 4 is 39.9 Å². The number of aryl methyl sites for hydroxylation is 2. The number of thioether (sulfide) groups is 1. The van der Waals surface area contributed by atoms with Crippen molar-refractivity contribution in [2.75, 3.05) is 0 Å². The largest absolute Gasteiger partial charge is 0.377 e. The Labute approximate surface area is 164 Å². The average Bonchev–Trinajstić information content (AvgIpc) is 2.90. The smallest absolute Gasteiger partial charge is 0.328 e. The highest BCUT2D eigenvalue weighted by molar-refractivity contribution is 8.13. The molecule has 0 bridgehead atoms. The summed E-state index contributed by atoms with van der Waals surface area (Å²) in [5.74, 6) is 0.643. The lowest BCUT2D eigenvalue weighted by Gasteiger charge is -2.01. The van der Waals surface area contributed by atoms with Crippen LogP contribution in [0.5, 0.6) is 0 Å². The molecule has 0 saturated heterocycles. The fourth-order valence-corrected chi connectivity index (χ4v) is 3.33. The van der Waals surface area contributed by atoms with E-state index in [9.17, 15) is 14.9 Å². The Hall–Kier alpha value is -3.40. The SMILES string of the molecule is Cn1c(=O)n(C)c2cc([N+](=O)[O-])c(C=NN=C(N)SCc3ccccc3)cc21. The summed E-state index contributed by atoms with van der Waals surface area (Å²) in [7, 11) is 3.17. The summed E-state index contributed by atoms with van der Waals surface area (Å²) in [5, 5.41) is 19.4. The molecule has 3 aromatic rings. The third-order valence-corrected chi connectivity index (χ3v) is 5.05. The summed E-state index contributed by atoms with van der Waals surface area (Å²) in [6, 6.07) is 12.7. The molecule has 0 aliphatic rings. The van der Waals surface area contributed by atoms with Gasteiger partial charge in [0.1, 0.15) is 0 Å². The molecule has 0 fully saturated rings. The van der Waals surface area contributed by atoms with Gasteiger partial charge < -0.3 is 5.73 Å². The van der Waals surface area contributed by atoms with E-state index in [4.69, 9.17) is 5.73 Å². The Morgan fingerprint density at radius 2 is 1.86 bits per heavy atom. The number of aromatic nitrogens is 2.